The Hall–Kier alpha value is -1.57. The molecule has 0 saturated heterocycles. The van der Waals surface area contributed by atoms with Gasteiger partial charge in [0.05, 0.1) is 18.3 Å². The van der Waals surface area contributed by atoms with Gasteiger partial charge in [0.1, 0.15) is 11.6 Å². The quantitative estimate of drug-likeness (QED) is 0.728. The average molecular weight is 370 g/mol. The molecule has 0 radical (unpaired) electrons. The minimum absolute atomic E-state index is 0.150. The van der Waals surface area contributed by atoms with Crippen LogP contribution in [0.2, 0.25) is 0 Å². The molecule has 118 valence electrons. The molecule has 2 rings (SSSR count). The van der Waals surface area contributed by atoms with E-state index in [1.807, 2.05) is 6.92 Å². The van der Waals surface area contributed by atoms with E-state index in [-0.39, 0.29) is 19.0 Å². The lowest BCUT2D eigenvalue weighted by Gasteiger charge is -2.12. The molecule has 5 nitrogen and oxygen atoms in total. The topological polar surface area (TPSA) is 78.3 Å². The van der Waals surface area contributed by atoms with Crippen molar-refractivity contribution in [2.45, 2.75) is 19.4 Å². The Kier molecular flexibility index (Phi) is 5.82. The van der Waals surface area contributed by atoms with Crippen molar-refractivity contribution in [1.29, 1.82) is 0 Å². The lowest BCUT2D eigenvalue weighted by Crippen LogP contribution is -2.23. The number of aliphatic hydroxyl groups is 2. The number of rotatable bonds is 6. The highest BCUT2D eigenvalue weighted by molar-refractivity contribution is 9.10. The summed E-state index contributed by atoms with van der Waals surface area (Å²) in [6.45, 7) is 1.75. The molecule has 0 aliphatic heterocycles. The van der Waals surface area contributed by atoms with E-state index >= 15 is 0 Å². The van der Waals surface area contributed by atoms with Crippen molar-refractivity contribution >= 4 is 21.7 Å². The third-order valence-corrected chi connectivity index (χ3v) is 3.53. The van der Waals surface area contributed by atoms with Gasteiger partial charge in [-0.2, -0.15) is 0 Å². The van der Waals surface area contributed by atoms with Crippen LogP contribution in [0.3, 0.4) is 0 Å². The van der Waals surface area contributed by atoms with Crippen LogP contribution in [0.1, 0.15) is 12.6 Å². The van der Waals surface area contributed by atoms with E-state index in [4.69, 9.17) is 5.11 Å². The minimum Gasteiger partial charge on any atom is -0.394 e. The number of anilines is 1. The lowest BCUT2D eigenvalue weighted by atomic mass is 10.2. The van der Waals surface area contributed by atoms with Gasteiger partial charge < -0.3 is 15.5 Å². The van der Waals surface area contributed by atoms with Crippen LogP contribution in [0.4, 0.5) is 10.2 Å². The summed E-state index contributed by atoms with van der Waals surface area (Å²) in [6.07, 6.45) is -0.214. The number of nitrogens with zero attached hydrogens (tertiary/aromatic N) is 2. The second kappa shape index (κ2) is 7.62. The number of hydrogen-bond donors (Lipinski definition) is 3. The van der Waals surface area contributed by atoms with Crippen LogP contribution in [-0.2, 0) is 6.42 Å². The van der Waals surface area contributed by atoms with Gasteiger partial charge in [-0.1, -0.05) is 22.9 Å². The molecule has 7 heteroatoms. The third-order valence-electron chi connectivity index (χ3n) is 3.04. The maximum atomic E-state index is 14.0. The number of aliphatic hydroxyl groups excluding tert-OH is 2. The maximum absolute atomic E-state index is 14.0. The summed E-state index contributed by atoms with van der Waals surface area (Å²) in [5.41, 5.74) is 1.06. The molecule has 3 N–H and O–H groups in total. The van der Waals surface area contributed by atoms with E-state index in [9.17, 15) is 9.50 Å². The second-order valence-electron chi connectivity index (χ2n) is 4.76. The first-order valence-electron chi connectivity index (χ1n) is 6.89. The summed E-state index contributed by atoms with van der Waals surface area (Å²) in [5, 5.41) is 21.1. The molecule has 0 aliphatic carbocycles. The molecule has 0 spiro atoms. The third kappa shape index (κ3) is 4.22. The van der Waals surface area contributed by atoms with Crippen molar-refractivity contribution in [1.82, 2.24) is 9.97 Å². The zero-order valence-electron chi connectivity index (χ0n) is 12.1. The van der Waals surface area contributed by atoms with Crippen molar-refractivity contribution in [2.24, 2.45) is 0 Å². The number of aromatic nitrogens is 2. The monoisotopic (exact) mass is 369 g/mol. The summed E-state index contributed by atoms with van der Waals surface area (Å²) in [6, 6.07) is 6.32. The Bertz CT molecular complexity index is 655. The number of aryl methyl sites for hydroxylation is 1. The molecule has 0 aliphatic rings. The summed E-state index contributed by atoms with van der Waals surface area (Å²) in [4.78, 5) is 8.63. The SMILES string of the molecule is CCc1cc(NCC(O)CO)nc(-c2cc(Br)ccc2F)n1. The van der Waals surface area contributed by atoms with E-state index in [1.165, 1.54) is 6.07 Å². The number of halogens is 2. The summed E-state index contributed by atoms with van der Waals surface area (Å²) >= 11 is 3.31. The van der Waals surface area contributed by atoms with Crippen LogP contribution in [0.15, 0.2) is 28.7 Å². The molecule has 1 aromatic carbocycles. The van der Waals surface area contributed by atoms with E-state index in [2.05, 4.69) is 31.2 Å². The highest BCUT2D eigenvalue weighted by Crippen LogP contribution is 2.25. The van der Waals surface area contributed by atoms with E-state index in [1.54, 1.807) is 18.2 Å². The number of hydrogen-bond acceptors (Lipinski definition) is 5. The molecular weight excluding hydrogens is 353 g/mol. The van der Waals surface area contributed by atoms with Gasteiger partial charge in [-0.05, 0) is 24.6 Å². The Labute approximate surface area is 136 Å². The standard InChI is InChI=1S/C15H17BrFN3O2/c1-2-10-6-14(18-7-11(22)8-21)20-15(19-10)12-5-9(16)3-4-13(12)17/h3-6,11,21-22H,2,7-8H2,1H3,(H,18,19,20). The van der Waals surface area contributed by atoms with Crippen LogP contribution in [0.5, 0.6) is 0 Å². The molecule has 22 heavy (non-hydrogen) atoms. The van der Waals surface area contributed by atoms with Gasteiger partial charge >= 0.3 is 0 Å². The largest absolute Gasteiger partial charge is 0.394 e. The van der Waals surface area contributed by atoms with Gasteiger partial charge in [-0.15, -0.1) is 0 Å². The highest BCUT2D eigenvalue weighted by Gasteiger charge is 2.12. The van der Waals surface area contributed by atoms with Crippen molar-refractivity contribution in [3.05, 3.63) is 40.2 Å². The first-order valence-corrected chi connectivity index (χ1v) is 7.69. The van der Waals surface area contributed by atoms with Crippen molar-refractivity contribution in [2.75, 3.05) is 18.5 Å². The van der Waals surface area contributed by atoms with Crippen molar-refractivity contribution < 1.29 is 14.6 Å². The van der Waals surface area contributed by atoms with Crippen molar-refractivity contribution in [3.63, 3.8) is 0 Å². The van der Waals surface area contributed by atoms with E-state index < -0.39 is 11.9 Å². The summed E-state index contributed by atoms with van der Waals surface area (Å²) < 4.78 is 14.7. The predicted octanol–water partition coefficient (Wildman–Crippen LogP) is 2.37. The van der Waals surface area contributed by atoms with Gasteiger partial charge in [0, 0.05) is 22.8 Å². The van der Waals surface area contributed by atoms with Crippen LogP contribution < -0.4 is 5.32 Å². The van der Waals surface area contributed by atoms with Crippen LogP contribution >= 0.6 is 15.9 Å². The average Bonchev–Trinajstić information content (AvgIpc) is 2.54. The van der Waals surface area contributed by atoms with Crippen LogP contribution in [0, 0.1) is 5.82 Å². The van der Waals surface area contributed by atoms with Gasteiger partial charge in [0.2, 0.25) is 0 Å². The smallest absolute Gasteiger partial charge is 0.164 e. The first-order chi connectivity index (χ1) is 10.5. The molecule has 1 unspecified atom stereocenters. The highest BCUT2D eigenvalue weighted by atomic mass is 79.9. The Morgan fingerprint density at radius 1 is 1.32 bits per heavy atom. The first kappa shape index (κ1) is 16.8. The fraction of sp³-hybridized carbons (Fsp3) is 0.333. The molecular formula is C15H17BrFN3O2. The molecule has 1 aromatic heterocycles. The van der Waals surface area contributed by atoms with E-state index in [0.717, 1.165) is 10.2 Å². The Morgan fingerprint density at radius 2 is 2.09 bits per heavy atom. The second-order valence-corrected chi connectivity index (χ2v) is 5.68. The Morgan fingerprint density at radius 3 is 2.77 bits per heavy atom. The molecule has 1 atom stereocenters. The number of benzene rings is 1. The van der Waals surface area contributed by atoms with E-state index in [0.29, 0.717) is 17.8 Å². The van der Waals surface area contributed by atoms with Crippen molar-refractivity contribution in [3.8, 4) is 11.4 Å². The van der Waals surface area contributed by atoms with Gasteiger partial charge in [-0.3, -0.25) is 0 Å². The minimum atomic E-state index is -0.883. The van der Waals surface area contributed by atoms with Crippen LogP contribution in [0.25, 0.3) is 11.4 Å². The molecule has 1 heterocycles. The molecule has 0 saturated carbocycles. The maximum Gasteiger partial charge on any atom is 0.164 e. The number of nitrogens with one attached hydrogen (secondary N) is 1. The van der Waals surface area contributed by atoms with Gasteiger partial charge in [0.15, 0.2) is 5.82 Å². The molecule has 0 amide bonds. The van der Waals surface area contributed by atoms with Crippen LogP contribution in [-0.4, -0.2) is 39.4 Å². The fourth-order valence-electron chi connectivity index (χ4n) is 1.85. The fourth-order valence-corrected chi connectivity index (χ4v) is 2.21. The summed E-state index contributed by atoms with van der Waals surface area (Å²) in [5.74, 6) is 0.352. The zero-order chi connectivity index (χ0) is 16.1. The lowest BCUT2D eigenvalue weighted by molar-refractivity contribution is 0.105. The molecule has 0 bridgehead atoms. The predicted molar refractivity (Wildman–Crippen MR) is 86.1 cm³/mol. The zero-order valence-corrected chi connectivity index (χ0v) is 13.6. The Balaban J connectivity index is 2.36. The molecule has 2 aromatic rings. The normalized spacial score (nSPS) is 12.2. The summed E-state index contributed by atoms with van der Waals surface area (Å²) in [7, 11) is 0. The van der Waals surface area contributed by atoms with Gasteiger partial charge in [-0.25, -0.2) is 14.4 Å². The van der Waals surface area contributed by atoms with Gasteiger partial charge in [0.25, 0.3) is 0 Å². The molecule has 0 fully saturated rings.